The average molecular weight is 321 g/mol. The molecule has 2 saturated heterocycles. The fraction of sp³-hybridized carbons (Fsp3) is 0.350. The van der Waals surface area contributed by atoms with Crippen LogP contribution in [0.2, 0.25) is 0 Å². The van der Waals surface area contributed by atoms with Crippen LogP contribution in [0.25, 0.3) is 0 Å². The second-order valence-electron chi connectivity index (χ2n) is 6.71. The van der Waals surface area contributed by atoms with Crippen LogP contribution >= 0.6 is 0 Å². The molecule has 2 aliphatic heterocycles. The fourth-order valence-electron chi connectivity index (χ4n) is 3.75. The number of nitrogens with zero attached hydrogens (tertiary/aromatic N) is 1. The van der Waals surface area contributed by atoms with Gasteiger partial charge in [-0.2, -0.15) is 0 Å². The minimum atomic E-state index is 0.128. The molecule has 24 heavy (non-hydrogen) atoms. The van der Waals surface area contributed by atoms with Crippen LogP contribution < -0.4 is 10.6 Å². The smallest absolute Gasteiger partial charge is 0.256 e. The predicted octanol–water partition coefficient (Wildman–Crippen LogP) is 3.40. The Morgan fingerprint density at radius 1 is 0.958 bits per heavy atom. The van der Waals surface area contributed by atoms with Gasteiger partial charge in [0.2, 0.25) is 0 Å². The number of anilines is 2. The Kier molecular flexibility index (Phi) is 4.22. The topological polar surface area (TPSA) is 44.4 Å². The van der Waals surface area contributed by atoms with Crippen molar-refractivity contribution in [3.05, 3.63) is 60.2 Å². The van der Waals surface area contributed by atoms with Crippen LogP contribution in [-0.4, -0.2) is 36.0 Å². The Labute approximate surface area is 142 Å². The first-order valence-corrected chi connectivity index (χ1v) is 8.76. The molecule has 2 aromatic carbocycles. The maximum Gasteiger partial charge on any atom is 0.256 e. The summed E-state index contributed by atoms with van der Waals surface area (Å²) >= 11 is 0. The van der Waals surface area contributed by atoms with Crippen molar-refractivity contribution in [2.45, 2.75) is 31.3 Å². The molecule has 0 radical (unpaired) electrons. The number of benzene rings is 2. The maximum absolute atomic E-state index is 13.1. The molecule has 4 nitrogen and oxygen atoms in total. The molecule has 0 spiro atoms. The molecule has 4 rings (SSSR count). The minimum Gasteiger partial charge on any atom is -0.355 e. The van der Waals surface area contributed by atoms with E-state index in [-0.39, 0.29) is 5.91 Å². The molecular formula is C20H23N3O. The van der Waals surface area contributed by atoms with Gasteiger partial charge in [-0.25, -0.2) is 0 Å². The van der Waals surface area contributed by atoms with Gasteiger partial charge in [0.25, 0.3) is 5.91 Å². The number of fused-ring (bicyclic) bond motifs is 2. The number of para-hydroxylation sites is 2. The molecule has 1 amide bonds. The van der Waals surface area contributed by atoms with Gasteiger partial charge in [-0.05, 0) is 43.5 Å². The summed E-state index contributed by atoms with van der Waals surface area (Å²) in [6.45, 7) is 1.65. The zero-order valence-corrected chi connectivity index (χ0v) is 13.7. The summed E-state index contributed by atoms with van der Waals surface area (Å²) in [5, 5.41) is 7.01. The van der Waals surface area contributed by atoms with E-state index in [4.69, 9.17) is 0 Å². The molecule has 2 N–H and O–H groups in total. The first-order valence-electron chi connectivity index (χ1n) is 8.76. The number of rotatable bonds is 3. The van der Waals surface area contributed by atoms with E-state index in [1.807, 2.05) is 59.5 Å². The van der Waals surface area contributed by atoms with Gasteiger partial charge in [-0.3, -0.25) is 4.79 Å². The van der Waals surface area contributed by atoms with Crippen LogP contribution in [0.5, 0.6) is 0 Å². The van der Waals surface area contributed by atoms with E-state index in [1.54, 1.807) is 0 Å². The lowest BCUT2D eigenvalue weighted by Crippen LogP contribution is -2.39. The van der Waals surface area contributed by atoms with Crippen molar-refractivity contribution < 1.29 is 4.79 Å². The number of likely N-dealkylation sites (tertiary alicyclic amines) is 1. The molecular weight excluding hydrogens is 298 g/mol. The largest absolute Gasteiger partial charge is 0.355 e. The number of carbonyl (C=O) groups excluding carboxylic acids is 1. The molecule has 4 heteroatoms. The van der Waals surface area contributed by atoms with Crippen LogP contribution in [0.4, 0.5) is 11.4 Å². The highest BCUT2D eigenvalue weighted by Gasteiger charge is 2.31. The third-order valence-corrected chi connectivity index (χ3v) is 5.02. The van der Waals surface area contributed by atoms with E-state index in [9.17, 15) is 4.79 Å². The maximum atomic E-state index is 13.1. The summed E-state index contributed by atoms with van der Waals surface area (Å²) in [5.74, 6) is 0.128. The van der Waals surface area contributed by atoms with Crippen molar-refractivity contribution in [1.82, 2.24) is 10.2 Å². The Morgan fingerprint density at radius 3 is 2.58 bits per heavy atom. The van der Waals surface area contributed by atoms with Gasteiger partial charge in [-0.15, -0.1) is 0 Å². The van der Waals surface area contributed by atoms with E-state index in [1.165, 1.54) is 12.8 Å². The molecule has 2 fully saturated rings. The molecule has 0 aliphatic carbocycles. The van der Waals surface area contributed by atoms with Crippen molar-refractivity contribution in [2.24, 2.45) is 0 Å². The Morgan fingerprint density at radius 2 is 1.71 bits per heavy atom. The van der Waals surface area contributed by atoms with Crippen molar-refractivity contribution >= 4 is 17.3 Å². The van der Waals surface area contributed by atoms with Crippen LogP contribution in [0.15, 0.2) is 54.6 Å². The molecule has 0 saturated carbocycles. The molecule has 0 aromatic heterocycles. The third-order valence-electron chi connectivity index (χ3n) is 5.02. The van der Waals surface area contributed by atoms with Crippen LogP contribution in [0.3, 0.4) is 0 Å². The summed E-state index contributed by atoms with van der Waals surface area (Å²) in [4.78, 5) is 15.1. The Balaban J connectivity index is 1.56. The minimum absolute atomic E-state index is 0.128. The summed E-state index contributed by atoms with van der Waals surface area (Å²) in [6.07, 6.45) is 3.48. The number of nitrogens with one attached hydrogen (secondary N) is 2. The number of hydrogen-bond acceptors (Lipinski definition) is 3. The summed E-state index contributed by atoms with van der Waals surface area (Å²) in [5.41, 5.74) is 2.62. The molecule has 124 valence electrons. The second-order valence-corrected chi connectivity index (χ2v) is 6.71. The van der Waals surface area contributed by atoms with Crippen LogP contribution in [0.1, 0.15) is 29.6 Å². The van der Waals surface area contributed by atoms with Gasteiger partial charge in [0.05, 0.1) is 11.3 Å². The lowest BCUT2D eigenvalue weighted by atomic mass is 10.1. The van der Waals surface area contributed by atoms with Gasteiger partial charge in [-0.1, -0.05) is 30.3 Å². The first kappa shape index (κ1) is 15.2. The van der Waals surface area contributed by atoms with E-state index in [2.05, 4.69) is 10.6 Å². The van der Waals surface area contributed by atoms with Gasteiger partial charge >= 0.3 is 0 Å². The Bertz CT molecular complexity index is 716. The number of hydrogen-bond donors (Lipinski definition) is 2. The van der Waals surface area contributed by atoms with Crippen LogP contribution in [0, 0.1) is 0 Å². The summed E-state index contributed by atoms with van der Waals surface area (Å²) in [7, 11) is 0. The number of carbonyl (C=O) groups is 1. The summed E-state index contributed by atoms with van der Waals surface area (Å²) < 4.78 is 0. The van der Waals surface area contributed by atoms with Gasteiger partial charge in [0.15, 0.2) is 0 Å². The van der Waals surface area contributed by atoms with Crippen molar-refractivity contribution in [3.8, 4) is 0 Å². The lowest BCUT2D eigenvalue weighted by Gasteiger charge is -2.25. The van der Waals surface area contributed by atoms with Gasteiger partial charge in [0, 0.05) is 30.9 Å². The highest BCUT2D eigenvalue weighted by molar-refractivity contribution is 6.00. The van der Waals surface area contributed by atoms with Crippen molar-refractivity contribution in [2.75, 3.05) is 18.4 Å². The third kappa shape index (κ3) is 3.15. The molecule has 2 aliphatic rings. The van der Waals surface area contributed by atoms with Gasteiger partial charge < -0.3 is 15.5 Å². The SMILES string of the molecule is O=C(c1ccccc1Nc1ccccc1)N1CCC2CCC(C1)N2. The van der Waals surface area contributed by atoms with Crippen LogP contribution in [-0.2, 0) is 0 Å². The molecule has 2 bridgehead atoms. The monoisotopic (exact) mass is 321 g/mol. The molecule has 2 unspecified atom stereocenters. The zero-order valence-electron chi connectivity index (χ0n) is 13.7. The number of amides is 1. The van der Waals surface area contributed by atoms with E-state index in [0.29, 0.717) is 12.1 Å². The average Bonchev–Trinajstić information content (AvgIpc) is 2.95. The standard InChI is InChI=1S/C20H23N3O/c24-20(23-13-12-16-10-11-17(14-23)21-16)18-8-4-5-9-19(18)22-15-6-2-1-3-7-15/h1-9,16-17,21-22H,10-14H2. The lowest BCUT2D eigenvalue weighted by molar-refractivity contribution is 0.0749. The predicted molar refractivity (Wildman–Crippen MR) is 96.6 cm³/mol. The van der Waals surface area contributed by atoms with E-state index < -0.39 is 0 Å². The fourth-order valence-corrected chi connectivity index (χ4v) is 3.75. The molecule has 2 aromatic rings. The molecule has 2 atom stereocenters. The van der Waals surface area contributed by atoms with Crippen molar-refractivity contribution in [3.63, 3.8) is 0 Å². The quantitative estimate of drug-likeness (QED) is 0.911. The van der Waals surface area contributed by atoms with Crippen molar-refractivity contribution in [1.29, 1.82) is 0 Å². The summed E-state index contributed by atoms with van der Waals surface area (Å²) in [6, 6.07) is 18.8. The first-order chi connectivity index (χ1) is 11.8. The highest BCUT2D eigenvalue weighted by Crippen LogP contribution is 2.25. The van der Waals surface area contributed by atoms with E-state index in [0.717, 1.165) is 36.4 Å². The Hall–Kier alpha value is -2.33. The molecule has 2 heterocycles. The zero-order chi connectivity index (χ0) is 16.4. The normalized spacial score (nSPS) is 22.9. The second kappa shape index (κ2) is 6.65. The highest BCUT2D eigenvalue weighted by atomic mass is 16.2. The van der Waals surface area contributed by atoms with E-state index >= 15 is 0 Å². The van der Waals surface area contributed by atoms with Gasteiger partial charge in [0.1, 0.15) is 0 Å².